The van der Waals surface area contributed by atoms with Crippen LogP contribution in [0.25, 0.3) is 32.8 Å². The molecule has 0 aliphatic carbocycles. The van der Waals surface area contributed by atoms with E-state index in [4.69, 9.17) is 0 Å². The van der Waals surface area contributed by atoms with Crippen molar-refractivity contribution in [2.24, 2.45) is 0 Å². The zero-order chi connectivity index (χ0) is 20.5. The maximum absolute atomic E-state index is 14.4. The van der Waals surface area contributed by atoms with Crippen LogP contribution in [-0.4, -0.2) is 14.8 Å². The second-order valence-electron chi connectivity index (χ2n) is 7.17. The van der Waals surface area contributed by atoms with Crippen LogP contribution in [0.2, 0.25) is 0 Å². The first-order valence-corrected chi connectivity index (χ1v) is 9.79. The number of pyridine rings is 1. The van der Waals surface area contributed by atoms with Gasteiger partial charge in [-0.15, -0.1) is 0 Å². The van der Waals surface area contributed by atoms with Crippen molar-refractivity contribution in [2.75, 3.05) is 0 Å². The topological polar surface area (TPSA) is 47.8 Å². The van der Waals surface area contributed by atoms with Gasteiger partial charge in [0.2, 0.25) is 0 Å². The zero-order valence-electron chi connectivity index (χ0n) is 16.1. The second-order valence-corrected chi connectivity index (χ2v) is 7.17. The average Bonchev–Trinajstić information content (AvgIpc) is 2.78. The van der Waals surface area contributed by atoms with Gasteiger partial charge in [0.25, 0.3) is 5.56 Å². The summed E-state index contributed by atoms with van der Waals surface area (Å²) in [7, 11) is 0. The van der Waals surface area contributed by atoms with Gasteiger partial charge in [-0.3, -0.25) is 9.78 Å². The van der Waals surface area contributed by atoms with E-state index in [2.05, 4.69) is 10.1 Å². The van der Waals surface area contributed by atoms with Gasteiger partial charge in [0.15, 0.2) is 0 Å². The summed E-state index contributed by atoms with van der Waals surface area (Å²) in [5.41, 5.74) is 2.58. The van der Waals surface area contributed by atoms with Crippen LogP contribution in [0.4, 0.5) is 4.39 Å². The van der Waals surface area contributed by atoms with E-state index in [9.17, 15) is 9.18 Å². The number of rotatable bonds is 4. The quantitative estimate of drug-likeness (QED) is 0.431. The van der Waals surface area contributed by atoms with Crippen molar-refractivity contribution in [1.29, 1.82) is 0 Å². The largest absolute Gasteiger partial charge is 0.275 e. The van der Waals surface area contributed by atoms with Crippen LogP contribution in [0.15, 0.2) is 89.9 Å². The number of fused-ring (bicyclic) bond motifs is 2. The molecule has 0 atom stereocenters. The number of halogens is 1. The molecule has 3 aromatic carbocycles. The lowest BCUT2D eigenvalue weighted by Gasteiger charge is -2.10. The Bertz CT molecular complexity index is 1440. The summed E-state index contributed by atoms with van der Waals surface area (Å²) >= 11 is 0. The molecule has 0 bridgehead atoms. The Morgan fingerprint density at radius 2 is 1.57 bits per heavy atom. The predicted octanol–water partition coefficient (Wildman–Crippen LogP) is 4.99. The van der Waals surface area contributed by atoms with E-state index in [0.717, 1.165) is 16.6 Å². The maximum Gasteiger partial charge on any atom is 0.275 e. The van der Waals surface area contributed by atoms with E-state index in [-0.39, 0.29) is 11.4 Å². The van der Waals surface area contributed by atoms with E-state index in [1.54, 1.807) is 30.5 Å². The highest BCUT2D eigenvalue weighted by Gasteiger charge is 2.13. The molecule has 5 heteroatoms. The minimum absolute atomic E-state index is 0.229. The SMILES string of the molecule is O=c1c2c(-c3ccccc3F)cccc2cnn1CCc1ccc2ccccc2n1. The van der Waals surface area contributed by atoms with Crippen molar-refractivity contribution >= 4 is 21.7 Å². The van der Waals surface area contributed by atoms with Crippen LogP contribution in [0.3, 0.4) is 0 Å². The van der Waals surface area contributed by atoms with Gasteiger partial charge in [-0.05, 0) is 23.8 Å². The van der Waals surface area contributed by atoms with E-state index in [1.165, 1.54) is 10.7 Å². The highest BCUT2D eigenvalue weighted by molar-refractivity contribution is 5.95. The van der Waals surface area contributed by atoms with Crippen molar-refractivity contribution in [2.45, 2.75) is 13.0 Å². The summed E-state index contributed by atoms with van der Waals surface area (Å²) in [4.78, 5) is 17.9. The number of aromatic nitrogens is 3. The van der Waals surface area contributed by atoms with Crippen LogP contribution >= 0.6 is 0 Å². The fraction of sp³-hybridized carbons (Fsp3) is 0.0800. The van der Waals surface area contributed by atoms with Gasteiger partial charge >= 0.3 is 0 Å². The molecule has 5 aromatic rings. The third-order valence-electron chi connectivity index (χ3n) is 5.28. The van der Waals surface area contributed by atoms with Crippen molar-refractivity contribution in [3.63, 3.8) is 0 Å². The first kappa shape index (κ1) is 18.2. The Morgan fingerprint density at radius 1 is 0.800 bits per heavy atom. The molecule has 0 saturated carbocycles. The summed E-state index contributed by atoms with van der Waals surface area (Å²) in [5, 5.41) is 6.58. The molecule has 0 amide bonds. The van der Waals surface area contributed by atoms with Crippen molar-refractivity contribution in [3.05, 3.63) is 107 Å². The lowest BCUT2D eigenvalue weighted by molar-refractivity contribution is 0.580. The first-order valence-electron chi connectivity index (χ1n) is 9.79. The molecule has 0 fully saturated rings. The Labute approximate surface area is 172 Å². The number of para-hydroxylation sites is 1. The number of benzene rings is 3. The summed E-state index contributed by atoms with van der Waals surface area (Å²) in [6, 6.07) is 23.8. The number of hydrogen-bond acceptors (Lipinski definition) is 3. The number of hydrogen-bond donors (Lipinski definition) is 0. The molecule has 0 aliphatic rings. The lowest BCUT2D eigenvalue weighted by Crippen LogP contribution is -2.24. The van der Waals surface area contributed by atoms with Gasteiger partial charge in [0.1, 0.15) is 5.82 Å². The Kier molecular flexibility index (Phi) is 4.56. The van der Waals surface area contributed by atoms with Crippen LogP contribution in [0, 0.1) is 5.82 Å². The standard InChI is InChI=1S/C25H18FN3O/c26-22-10-3-2-8-20(22)21-9-5-7-18-16-27-29(25(30)24(18)21)15-14-19-13-12-17-6-1-4-11-23(17)28-19/h1-13,16H,14-15H2. The van der Waals surface area contributed by atoms with Gasteiger partial charge in [-0.2, -0.15) is 5.10 Å². The van der Waals surface area contributed by atoms with Gasteiger partial charge in [0, 0.05) is 28.5 Å². The minimum Gasteiger partial charge on any atom is -0.267 e. The highest BCUT2D eigenvalue weighted by Crippen LogP contribution is 2.28. The molecule has 5 rings (SSSR count). The predicted molar refractivity (Wildman–Crippen MR) is 117 cm³/mol. The van der Waals surface area contributed by atoms with E-state index < -0.39 is 0 Å². The van der Waals surface area contributed by atoms with Crippen LogP contribution in [0.5, 0.6) is 0 Å². The average molecular weight is 395 g/mol. The molecular formula is C25H18FN3O. The Hall–Kier alpha value is -3.86. The summed E-state index contributed by atoms with van der Waals surface area (Å²) in [6.07, 6.45) is 2.24. The highest BCUT2D eigenvalue weighted by atomic mass is 19.1. The maximum atomic E-state index is 14.4. The molecule has 0 saturated heterocycles. The monoisotopic (exact) mass is 395 g/mol. The summed E-state index contributed by atoms with van der Waals surface area (Å²) < 4.78 is 15.8. The molecule has 0 N–H and O–H groups in total. The first-order chi connectivity index (χ1) is 14.7. The zero-order valence-corrected chi connectivity index (χ0v) is 16.1. The van der Waals surface area contributed by atoms with Gasteiger partial charge in [0.05, 0.1) is 23.6 Å². The molecule has 2 aromatic heterocycles. The molecule has 30 heavy (non-hydrogen) atoms. The Morgan fingerprint density at radius 3 is 2.47 bits per heavy atom. The Balaban J connectivity index is 1.53. The molecule has 0 aliphatic heterocycles. The van der Waals surface area contributed by atoms with Gasteiger partial charge in [-0.1, -0.05) is 60.7 Å². The molecule has 0 spiro atoms. The van der Waals surface area contributed by atoms with Crippen molar-refractivity contribution in [1.82, 2.24) is 14.8 Å². The van der Waals surface area contributed by atoms with Crippen LogP contribution < -0.4 is 5.56 Å². The normalized spacial score (nSPS) is 11.2. The van der Waals surface area contributed by atoms with E-state index in [0.29, 0.717) is 34.9 Å². The molecule has 0 unspecified atom stereocenters. The fourth-order valence-electron chi connectivity index (χ4n) is 3.76. The second kappa shape index (κ2) is 7.52. The van der Waals surface area contributed by atoms with Gasteiger partial charge in [-0.25, -0.2) is 9.07 Å². The third kappa shape index (κ3) is 3.24. The van der Waals surface area contributed by atoms with Crippen molar-refractivity contribution in [3.8, 4) is 11.1 Å². The van der Waals surface area contributed by atoms with E-state index in [1.807, 2.05) is 48.5 Å². The van der Waals surface area contributed by atoms with Crippen LogP contribution in [-0.2, 0) is 13.0 Å². The number of aryl methyl sites for hydroxylation is 2. The molecular weight excluding hydrogens is 377 g/mol. The molecule has 4 nitrogen and oxygen atoms in total. The molecule has 0 radical (unpaired) electrons. The van der Waals surface area contributed by atoms with Crippen molar-refractivity contribution < 1.29 is 4.39 Å². The molecule has 146 valence electrons. The van der Waals surface area contributed by atoms with E-state index >= 15 is 0 Å². The summed E-state index contributed by atoms with van der Waals surface area (Å²) in [6.45, 7) is 0.395. The third-order valence-corrected chi connectivity index (χ3v) is 5.28. The van der Waals surface area contributed by atoms with Crippen LogP contribution in [0.1, 0.15) is 5.69 Å². The lowest BCUT2D eigenvalue weighted by atomic mass is 9.99. The van der Waals surface area contributed by atoms with Gasteiger partial charge < -0.3 is 0 Å². The summed E-state index contributed by atoms with van der Waals surface area (Å²) in [5.74, 6) is -0.354. The smallest absolute Gasteiger partial charge is 0.267 e. The molecule has 2 heterocycles. The fourth-order valence-corrected chi connectivity index (χ4v) is 3.76. The number of nitrogens with zero attached hydrogens (tertiary/aromatic N) is 3. The minimum atomic E-state index is -0.354.